The Bertz CT molecular complexity index is 758. The minimum atomic E-state index is -0.940. The van der Waals surface area contributed by atoms with E-state index in [-0.39, 0.29) is 12.6 Å². The van der Waals surface area contributed by atoms with E-state index in [0.29, 0.717) is 22.3 Å². The molecule has 2 atom stereocenters. The molecule has 1 aromatic heterocycles. The molecule has 1 fully saturated rings. The third kappa shape index (κ3) is 3.18. The van der Waals surface area contributed by atoms with Gasteiger partial charge in [-0.1, -0.05) is 29.5 Å². The van der Waals surface area contributed by atoms with Crippen molar-refractivity contribution in [2.75, 3.05) is 18.5 Å². The first-order valence-electron chi connectivity index (χ1n) is 7.31. The van der Waals surface area contributed by atoms with Gasteiger partial charge in [-0.15, -0.1) is 22.5 Å². The van der Waals surface area contributed by atoms with Crippen LogP contribution in [0.3, 0.4) is 0 Å². The molecule has 1 aliphatic heterocycles. The van der Waals surface area contributed by atoms with Crippen LogP contribution in [-0.2, 0) is 0 Å². The quantitative estimate of drug-likeness (QED) is 0.838. The molecule has 8 heteroatoms. The van der Waals surface area contributed by atoms with E-state index < -0.39 is 12.3 Å². The molecule has 2 amide bonds. The summed E-state index contributed by atoms with van der Waals surface area (Å²) >= 11 is 1.18. The minimum Gasteiger partial charge on any atom is -0.482 e. The van der Waals surface area contributed by atoms with E-state index in [2.05, 4.69) is 16.1 Å². The lowest BCUT2D eigenvalue weighted by Crippen LogP contribution is -2.34. The van der Waals surface area contributed by atoms with Crippen LogP contribution in [0.4, 0.5) is 9.93 Å². The van der Waals surface area contributed by atoms with Crippen LogP contribution >= 0.6 is 11.3 Å². The van der Waals surface area contributed by atoms with E-state index in [9.17, 15) is 9.90 Å². The second kappa shape index (κ2) is 6.86. The molecule has 2 heterocycles. The lowest BCUT2D eigenvalue weighted by Gasteiger charge is -2.15. The van der Waals surface area contributed by atoms with Crippen LogP contribution in [0.5, 0.6) is 5.75 Å². The van der Waals surface area contributed by atoms with Crippen LogP contribution in [-0.4, -0.2) is 46.1 Å². The fraction of sp³-hybridized carbons (Fsp3) is 0.312. The van der Waals surface area contributed by atoms with Crippen LogP contribution in [0.25, 0.3) is 0 Å². The van der Waals surface area contributed by atoms with Crippen LogP contribution < -0.4 is 9.64 Å². The number of urea groups is 1. The highest BCUT2D eigenvalue weighted by Gasteiger charge is 2.37. The summed E-state index contributed by atoms with van der Waals surface area (Å²) in [5.41, 5.74) is 0. The Morgan fingerprint density at radius 3 is 2.83 bits per heavy atom. The number of hydrogen-bond donors (Lipinski definition) is 1. The SMILES string of the molecule is C#CCC(Oc1ccccc1)c1nnc(N2C(=O)N(C)CC2O)s1. The summed E-state index contributed by atoms with van der Waals surface area (Å²) in [7, 11) is 1.62. The molecular formula is C16H16N4O3S. The molecule has 2 unspecified atom stereocenters. The van der Waals surface area contributed by atoms with Gasteiger partial charge in [-0.05, 0) is 12.1 Å². The average molecular weight is 344 g/mol. The summed E-state index contributed by atoms with van der Waals surface area (Å²) < 4.78 is 5.88. The highest BCUT2D eigenvalue weighted by Crippen LogP contribution is 2.32. The van der Waals surface area contributed by atoms with Crippen molar-refractivity contribution in [1.82, 2.24) is 15.1 Å². The average Bonchev–Trinajstić information content (AvgIpc) is 3.13. The van der Waals surface area contributed by atoms with Gasteiger partial charge in [0.05, 0.1) is 13.0 Å². The minimum absolute atomic E-state index is 0.224. The number of benzene rings is 1. The molecule has 1 N–H and O–H groups in total. The predicted octanol–water partition coefficient (Wildman–Crippen LogP) is 1.87. The molecule has 7 nitrogen and oxygen atoms in total. The van der Waals surface area contributed by atoms with Crippen molar-refractivity contribution in [3.05, 3.63) is 35.3 Å². The lowest BCUT2D eigenvalue weighted by molar-refractivity contribution is 0.183. The van der Waals surface area contributed by atoms with Crippen molar-refractivity contribution in [2.24, 2.45) is 0 Å². The zero-order valence-electron chi connectivity index (χ0n) is 13.0. The van der Waals surface area contributed by atoms with Gasteiger partial charge in [-0.25, -0.2) is 9.69 Å². The van der Waals surface area contributed by atoms with Crippen molar-refractivity contribution < 1.29 is 14.6 Å². The molecule has 2 aromatic rings. The van der Waals surface area contributed by atoms with Gasteiger partial charge in [0.15, 0.2) is 17.3 Å². The van der Waals surface area contributed by atoms with Gasteiger partial charge < -0.3 is 14.7 Å². The maximum atomic E-state index is 12.1. The van der Waals surface area contributed by atoms with Crippen LogP contribution in [0.15, 0.2) is 30.3 Å². The van der Waals surface area contributed by atoms with E-state index in [1.807, 2.05) is 30.3 Å². The van der Waals surface area contributed by atoms with Gasteiger partial charge in [-0.2, -0.15) is 0 Å². The number of aromatic nitrogens is 2. The van der Waals surface area contributed by atoms with E-state index in [0.717, 1.165) is 0 Å². The first kappa shape index (κ1) is 16.2. The molecule has 0 radical (unpaired) electrons. The number of ether oxygens (including phenoxy) is 1. The largest absolute Gasteiger partial charge is 0.482 e. The maximum Gasteiger partial charge on any atom is 0.328 e. The number of rotatable bonds is 5. The molecule has 0 spiro atoms. The van der Waals surface area contributed by atoms with Gasteiger partial charge in [-0.3, -0.25) is 0 Å². The monoisotopic (exact) mass is 344 g/mol. The van der Waals surface area contributed by atoms with Gasteiger partial charge in [0, 0.05) is 7.05 Å². The zero-order valence-corrected chi connectivity index (χ0v) is 13.8. The Kier molecular flexibility index (Phi) is 4.64. The molecule has 0 aliphatic carbocycles. The second-order valence-corrected chi connectivity index (χ2v) is 6.25. The van der Waals surface area contributed by atoms with Gasteiger partial charge in [0.1, 0.15) is 5.75 Å². The normalized spacial score (nSPS) is 18.5. The number of nitrogens with zero attached hydrogens (tertiary/aromatic N) is 4. The lowest BCUT2D eigenvalue weighted by atomic mass is 10.2. The second-order valence-electron chi connectivity index (χ2n) is 5.26. The highest BCUT2D eigenvalue weighted by molar-refractivity contribution is 7.15. The number of likely N-dealkylation sites (N-methyl/N-ethyl adjacent to an activating group) is 1. The summed E-state index contributed by atoms with van der Waals surface area (Å²) in [4.78, 5) is 14.7. The molecule has 0 saturated carbocycles. The predicted molar refractivity (Wildman–Crippen MR) is 89.7 cm³/mol. The fourth-order valence-electron chi connectivity index (χ4n) is 2.33. The van der Waals surface area contributed by atoms with Gasteiger partial charge in [0.25, 0.3) is 0 Å². The smallest absolute Gasteiger partial charge is 0.328 e. The molecule has 24 heavy (non-hydrogen) atoms. The molecule has 0 bridgehead atoms. The Balaban J connectivity index is 1.82. The Morgan fingerprint density at radius 1 is 1.46 bits per heavy atom. The zero-order chi connectivity index (χ0) is 17.1. The topological polar surface area (TPSA) is 78.8 Å². The number of aliphatic hydroxyl groups excluding tert-OH is 1. The Hall–Kier alpha value is -2.63. The van der Waals surface area contributed by atoms with Crippen molar-refractivity contribution in [3.8, 4) is 18.1 Å². The molecule has 124 valence electrons. The Labute approximate surface area is 143 Å². The number of hydrogen-bond acceptors (Lipinski definition) is 6. The number of anilines is 1. The maximum absolute atomic E-state index is 12.1. The molecule has 1 aromatic carbocycles. The van der Waals surface area contributed by atoms with Gasteiger partial charge in [0.2, 0.25) is 5.13 Å². The van der Waals surface area contributed by atoms with Crippen LogP contribution in [0.1, 0.15) is 17.5 Å². The fourth-order valence-corrected chi connectivity index (χ4v) is 3.24. The summed E-state index contributed by atoms with van der Waals surface area (Å²) in [6, 6.07) is 8.96. The summed E-state index contributed by atoms with van der Waals surface area (Å²) in [5.74, 6) is 3.24. The van der Waals surface area contributed by atoms with E-state index in [1.54, 1.807) is 7.05 Å². The van der Waals surface area contributed by atoms with Crippen LogP contribution in [0, 0.1) is 12.3 Å². The number of para-hydroxylation sites is 1. The first-order valence-corrected chi connectivity index (χ1v) is 8.12. The molecule has 1 saturated heterocycles. The molecule has 3 rings (SSSR count). The Morgan fingerprint density at radius 2 is 2.21 bits per heavy atom. The van der Waals surface area contributed by atoms with Crippen molar-refractivity contribution >= 4 is 22.5 Å². The van der Waals surface area contributed by atoms with Gasteiger partial charge >= 0.3 is 6.03 Å². The van der Waals surface area contributed by atoms with E-state index >= 15 is 0 Å². The summed E-state index contributed by atoms with van der Waals surface area (Å²) in [5, 5.41) is 19.0. The number of amides is 2. The van der Waals surface area contributed by atoms with Crippen molar-refractivity contribution in [3.63, 3.8) is 0 Å². The van der Waals surface area contributed by atoms with E-state index in [4.69, 9.17) is 11.2 Å². The number of aliphatic hydroxyl groups is 1. The standard InChI is InChI=1S/C16H16N4O3S/c1-3-7-12(23-11-8-5-4-6-9-11)14-17-18-15(24-14)20-13(21)10-19(2)16(20)22/h1,4-6,8-9,12-13,21H,7,10H2,2H3. The number of terminal acetylenes is 1. The third-order valence-electron chi connectivity index (χ3n) is 3.50. The number of carbonyl (C=O) groups is 1. The highest BCUT2D eigenvalue weighted by atomic mass is 32.1. The van der Waals surface area contributed by atoms with E-state index in [1.165, 1.54) is 21.1 Å². The summed E-state index contributed by atoms with van der Waals surface area (Å²) in [6.07, 6.45) is 4.34. The van der Waals surface area contributed by atoms with Crippen LogP contribution in [0.2, 0.25) is 0 Å². The molecular weight excluding hydrogens is 328 g/mol. The van der Waals surface area contributed by atoms with Crippen molar-refractivity contribution in [2.45, 2.75) is 18.8 Å². The molecule has 1 aliphatic rings. The summed E-state index contributed by atoms with van der Waals surface area (Å²) in [6.45, 7) is 0.224. The third-order valence-corrected chi connectivity index (χ3v) is 4.52. The number of carbonyl (C=O) groups excluding carboxylic acids is 1. The first-order chi connectivity index (χ1) is 11.6. The number of β-amino-alcohol motifs (C(OH)–C–C–N with tert-alkyl or cyclic N) is 1. The van der Waals surface area contributed by atoms with Crippen molar-refractivity contribution in [1.29, 1.82) is 0 Å².